The molecule has 1 aliphatic carbocycles. The predicted molar refractivity (Wildman–Crippen MR) is 105 cm³/mol. The van der Waals surface area contributed by atoms with Gasteiger partial charge in [0.1, 0.15) is 5.70 Å². The van der Waals surface area contributed by atoms with Crippen LogP contribution in [0.2, 0.25) is 0 Å². The molecule has 4 rings (SSSR count). The summed E-state index contributed by atoms with van der Waals surface area (Å²) in [4.78, 5) is 25.2. The van der Waals surface area contributed by atoms with Gasteiger partial charge in [0.25, 0.3) is 5.91 Å². The number of aryl methyl sites for hydroxylation is 2. The number of carbonyl (C=O) groups excluding carboxylic acids is 2. The van der Waals surface area contributed by atoms with Gasteiger partial charge in [0.05, 0.1) is 11.7 Å². The van der Waals surface area contributed by atoms with Crippen LogP contribution >= 0.6 is 0 Å². The highest BCUT2D eigenvalue weighted by molar-refractivity contribution is 6.01. The van der Waals surface area contributed by atoms with E-state index < -0.39 is 0 Å². The Kier molecular flexibility index (Phi) is 4.67. The molecule has 27 heavy (non-hydrogen) atoms. The van der Waals surface area contributed by atoms with E-state index in [1.54, 1.807) is 6.08 Å². The summed E-state index contributed by atoms with van der Waals surface area (Å²) < 4.78 is 0. The first-order chi connectivity index (χ1) is 13.1. The summed E-state index contributed by atoms with van der Waals surface area (Å²) in [6, 6.07) is 15.9. The second-order valence-electron chi connectivity index (χ2n) is 7.12. The number of hydrazine groups is 1. The maximum absolute atomic E-state index is 12.8. The van der Waals surface area contributed by atoms with Gasteiger partial charge < -0.3 is 5.32 Å². The number of nitrogens with one attached hydrogen (secondary N) is 2. The molecule has 138 valence electrons. The Balaban J connectivity index is 1.50. The molecule has 2 aromatic carbocycles. The molecule has 0 fully saturated rings. The predicted octanol–water partition coefficient (Wildman–Crippen LogP) is 3.31. The second kappa shape index (κ2) is 7.27. The quantitative estimate of drug-likeness (QED) is 0.882. The lowest BCUT2D eigenvalue weighted by Crippen LogP contribution is -2.49. The molecule has 0 unspecified atom stereocenters. The Labute approximate surface area is 159 Å². The van der Waals surface area contributed by atoms with Crippen molar-refractivity contribution in [2.24, 2.45) is 0 Å². The average molecular weight is 361 g/mol. The van der Waals surface area contributed by atoms with Crippen molar-refractivity contribution in [3.8, 4) is 0 Å². The number of fused-ring (bicyclic) bond motifs is 1. The summed E-state index contributed by atoms with van der Waals surface area (Å²) in [5, 5.41) is 4.59. The molecule has 2 amide bonds. The molecule has 5 nitrogen and oxygen atoms in total. The van der Waals surface area contributed by atoms with Crippen LogP contribution in [0.15, 0.2) is 60.3 Å². The maximum atomic E-state index is 12.8. The van der Waals surface area contributed by atoms with E-state index in [-0.39, 0.29) is 24.3 Å². The van der Waals surface area contributed by atoms with E-state index in [2.05, 4.69) is 22.9 Å². The van der Waals surface area contributed by atoms with Crippen molar-refractivity contribution in [2.45, 2.75) is 38.6 Å². The molecular weight excluding hydrogens is 338 g/mol. The standard InChI is InChI=1S/C22H23N3O2/c1-15-6-4-9-17(14-15)25-21(26)13-12-20(24-25)22(27)23-19-11-5-8-16-7-2-3-10-18(16)19/h2-4,6-7,9-10,12,14,19,24H,5,8,11,13H2,1H3,(H,23,27)/t19-/m0/s1. The number of nitrogens with zero attached hydrogens (tertiary/aromatic N) is 1. The van der Waals surface area contributed by atoms with Crippen LogP contribution < -0.4 is 15.8 Å². The van der Waals surface area contributed by atoms with Crippen LogP contribution in [-0.2, 0) is 16.0 Å². The number of hydrogen-bond acceptors (Lipinski definition) is 3. The first-order valence-electron chi connectivity index (χ1n) is 9.37. The molecule has 0 spiro atoms. The van der Waals surface area contributed by atoms with Crippen LogP contribution in [0.3, 0.4) is 0 Å². The van der Waals surface area contributed by atoms with Gasteiger partial charge in [-0.1, -0.05) is 36.4 Å². The Hall–Kier alpha value is -3.08. The number of anilines is 1. The van der Waals surface area contributed by atoms with Gasteiger partial charge in [-0.25, -0.2) is 5.01 Å². The SMILES string of the molecule is Cc1cccc(N2NC(C(=O)N[C@H]3CCCc4ccccc43)=CCC2=O)c1. The highest BCUT2D eigenvalue weighted by atomic mass is 16.2. The normalized spacial score (nSPS) is 19.0. The molecule has 0 aromatic heterocycles. The summed E-state index contributed by atoms with van der Waals surface area (Å²) in [7, 11) is 0. The Morgan fingerprint density at radius 1 is 1.19 bits per heavy atom. The molecule has 5 heteroatoms. The van der Waals surface area contributed by atoms with Crippen molar-refractivity contribution < 1.29 is 9.59 Å². The molecule has 0 saturated heterocycles. The minimum Gasteiger partial charge on any atom is -0.344 e. The van der Waals surface area contributed by atoms with E-state index in [0.29, 0.717) is 5.70 Å². The Bertz CT molecular complexity index is 919. The third kappa shape index (κ3) is 3.58. The van der Waals surface area contributed by atoms with E-state index in [9.17, 15) is 9.59 Å². The largest absolute Gasteiger partial charge is 0.344 e. The molecule has 1 heterocycles. The van der Waals surface area contributed by atoms with Gasteiger partial charge in [-0.2, -0.15) is 0 Å². The summed E-state index contributed by atoms with van der Waals surface area (Å²) in [6.07, 6.45) is 4.90. The van der Waals surface area contributed by atoms with Crippen LogP contribution in [-0.4, -0.2) is 11.8 Å². The highest BCUT2D eigenvalue weighted by Gasteiger charge is 2.27. The minimum absolute atomic E-state index is 0.00944. The Morgan fingerprint density at radius 3 is 2.89 bits per heavy atom. The molecule has 2 aliphatic rings. The molecule has 0 radical (unpaired) electrons. The van der Waals surface area contributed by atoms with Crippen molar-refractivity contribution in [2.75, 3.05) is 5.01 Å². The van der Waals surface area contributed by atoms with E-state index in [0.717, 1.165) is 30.5 Å². The molecule has 1 aliphatic heterocycles. The lowest BCUT2D eigenvalue weighted by Gasteiger charge is -2.31. The van der Waals surface area contributed by atoms with E-state index >= 15 is 0 Å². The third-order valence-electron chi connectivity index (χ3n) is 5.14. The van der Waals surface area contributed by atoms with E-state index in [1.165, 1.54) is 16.1 Å². The zero-order chi connectivity index (χ0) is 18.8. The summed E-state index contributed by atoms with van der Waals surface area (Å²) >= 11 is 0. The zero-order valence-corrected chi connectivity index (χ0v) is 15.4. The number of carbonyl (C=O) groups is 2. The average Bonchev–Trinajstić information content (AvgIpc) is 2.68. The molecule has 0 saturated carbocycles. The number of benzene rings is 2. The molecule has 0 bridgehead atoms. The van der Waals surface area contributed by atoms with Crippen molar-refractivity contribution in [1.29, 1.82) is 0 Å². The van der Waals surface area contributed by atoms with Crippen LogP contribution in [0.4, 0.5) is 5.69 Å². The fraction of sp³-hybridized carbons (Fsp3) is 0.273. The highest BCUT2D eigenvalue weighted by Crippen LogP contribution is 2.29. The summed E-state index contributed by atoms with van der Waals surface area (Å²) in [5.74, 6) is -0.262. The lowest BCUT2D eigenvalue weighted by atomic mass is 9.87. The summed E-state index contributed by atoms with van der Waals surface area (Å²) in [5.41, 5.74) is 7.70. The van der Waals surface area contributed by atoms with Gasteiger partial charge in [-0.05, 0) is 61.1 Å². The van der Waals surface area contributed by atoms with E-state index in [1.807, 2.05) is 43.3 Å². The third-order valence-corrected chi connectivity index (χ3v) is 5.14. The van der Waals surface area contributed by atoms with E-state index in [4.69, 9.17) is 0 Å². The maximum Gasteiger partial charge on any atom is 0.269 e. The molecule has 2 aromatic rings. The first-order valence-corrected chi connectivity index (χ1v) is 9.37. The van der Waals surface area contributed by atoms with Crippen LogP contribution in [0.5, 0.6) is 0 Å². The zero-order valence-electron chi connectivity index (χ0n) is 15.4. The Morgan fingerprint density at radius 2 is 2.04 bits per heavy atom. The second-order valence-corrected chi connectivity index (χ2v) is 7.12. The first kappa shape index (κ1) is 17.3. The molecule has 2 N–H and O–H groups in total. The van der Waals surface area contributed by atoms with Crippen molar-refractivity contribution in [1.82, 2.24) is 10.7 Å². The lowest BCUT2D eigenvalue weighted by molar-refractivity contribution is -0.120. The van der Waals surface area contributed by atoms with Crippen molar-refractivity contribution >= 4 is 17.5 Å². The minimum atomic E-state index is -0.179. The molecular formula is C22H23N3O2. The number of rotatable bonds is 3. The smallest absolute Gasteiger partial charge is 0.269 e. The fourth-order valence-corrected chi connectivity index (χ4v) is 3.77. The van der Waals surface area contributed by atoms with Gasteiger partial charge in [0.2, 0.25) is 5.91 Å². The monoisotopic (exact) mass is 361 g/mol. The van der Waals surface area contributed by atoms with Gasteiger partial charge in [0, 0.05) is 6.42 Å². The van der Waals surface area contributed by atoms with Crippen LogP contribution in [0.25, 0.3) is 0 Å². The van der Waals surface area contributed by atoms with Crippen LogP contribution in [0.1, 0.15) is 42.0 Å². The van der Waals surface area contributed by atoms with Gasteiger partial charge in [-0.15, -0.1) is 0 Å². The van der Waals surface area contributed by atoms with Crippen molar-refractivity contribution in [3.05, 3.63) is 77.0 Å². The van der Waals surface area contributed by atoms with Gasteiger partial charge >= 0.3 is 0 Å². The number of hydrogen-bond donors (Lipinski definition) is 2. The topological polar surface area (TPSA) is 61.4 Å². The fourth-order valence-electron chi connectivity index (χ4n) is 3.77. The van der Waals surface area contributed by atoms with Gasteiger partial charge in [-0.3, -0.25) is 15.0 Å². The van der Waals surface area contributed by atoms with Crippen molar-refractivity contribution in [3.63, 3.8) is 0 Å². The van der Waals surface area contributed by atoms with Crippen LogP contribution in [0, 0.1) is 6.92 Å². The number of amides is 2. The molecule has 1 atom stereocenters. The summed E-state index contributed by atoms with van der Waals surface area (Å²) in [6.45, 7) is 1.97. The van der Waals surface area contributed by atoms with Gasteiger partial charge in [0.15, 0.2) is 0 Å².